The molecule has 0 aliphatic heterocycles. The summed E-state index contributed by atoms with van der Waals surface area (Å²) in [5.41, 5.74) is 2.26. The van der Waals surface area contributed by atoms with Crippen LogP contribution in [0, 0.1) is 11.6 Å². The van der Waals surface area contributed by atoms with Gasteiger partial charge in [0.1, 0.15) is 16.7 Å². The first kappa shape index (κ1) is 13.0. The SMILES string of the molecule is NNc1ncc(Cl)c(Sc2ccc(F)cc2F)n1. The summed E-state index contributed by atoms with van der Waals surface area (Å²) in [6, 6.07) is 3.26. The van der Waals surface area contributed by atoms with Gasteiger partial charge in [0.05, 0.1) is 11.2 Å². The summed E-state index contributed by atoms with van der Waals surface area (Å²) in [6.45, 7) is 0. The number of benzene rings is 1. The summed E-state index contributed by atoms with van der Waals surface area (Å²) in [4.78, 5) is 7.97. The van der Waals surface area contributed by atoms with E-state index in [0.29, 0.717) is 5.03 Å². The van der Waals surface area contributed by atoms with Gasteiger partial charge in [0, 0.05) is 11.0 Å². The van der Waals surface area contributed by atoms with Gasteiger partial charge in [0.2, 0.25) is 5.95 Å². The lowest BCUT2D eigenvalue weighted by atomic mass is 10.3. The Morgan fingerprint density at radius 3 is 2.78 bits per heavy atom. The van der Waals surface area contributed by atoms with Crippen molar-refractivity contribution in [2.24, 2.45) is 5.84 Å². The van der Waals surface area contributed by atoms with E-state index in [2.05, 4.69) is 15.4 Å². The topological polar surface area (TPSA) is 63.8 Å². The van der Waals surface area contributed by atoms with Crippen molar-refractivity contribution in [1.82, 2.24) is 9.97 Å². The fourth-order valence-corrected chi connectivity index (χ4v) is 2.14. The number of nitrogen functional groups attached to an aromatic ring is 1. The van der Waals surface area contributed by atoms with Crippen LogP contribution in [-0.4, -0.2) is 9.97 Å². The molecule has 0 saturated carbocycles. The Kier molecular flexibility index (Phi) is 3.95. The highest BCUT2D eigenvalue weighted by molar-refractivity contribution is 7.99. The second-order valence-electron chi connectivity index (χ2n) is 3.17. The number of hydrogen-bond donors (Lipinski definition) is 2. The van der Waals surface area contributed by atoms with Crippen LogP contribution in [0.4, 0.5) is 14.7 Å². The van der Waals surface area contributed by atoms with Crippen molar-refractivity contribution in [3.63, 3.8) is 0 Å². The molecule has 0 radical (unpaired) electrons. The standard InChI is InChI=1S/C10H7ClF2N4S/c11-6-4-15-10(17-14)16-9(6)18-8-2-1-5(12)3-7(8)13/h1-4H,14H2,(H,15,16,17). The van der Waals surface area contributed by atoms with Crippen LogP contribution < -0.4 is 11.3 Å². The van der Waals surface area contributed by atoms with E-state index in [0.717, 1.165) is 23.9 Å². The van der Waals surface area contributed by atoms with E-state index in [1.54, 1.807) is 0 Å². The molecule has 1 heterocycles. The summed E-state index contributed by atoms with van der Waals surface area (Å²) in [5.74, 6) is 3.99. The first-order valence-corrected chi connectivity index (χ1v) is 5.91. The van der Waals surface area contributed by atoms with Crippen LogP contribution >= 0.6 is 23.4 Å². The van der Waals surface area contributed by atoms with Crippen LogP contribution in [0.25, 0.3) is 0 Å². The maximum Gasteiger partial charge on any atom is 0.238 e. The number of rotatable bonds is 3. The predicted octanol–water partition coefficient (Wildman–Crippen LogP) is 2.85. The van der Waals surface area contributed by atoms with Crippen molar-refractivity contribution in [3.05, 3.63) is 41.1 Å². The lowest BCUT2D eigenvalue weighted by molar-refractivity contribution is 0.565. The van der Waals surface area contributed by atoms with Gasteiger partial charge in [0.25, 0.3) is 0 Å². The lowest BCUT2D eigenvalue weighted by Gasteiger charge is -2.06. The number of hydrogen-bond acceptors (Lipinski definition) is 5. The average Bonchev–Trinajstić information content (AvgIpc) is 2.35. The monoisotopic (exact) mass is 288 g/mol. The number of nitrogens with zero attached hydrogens (tertiary/aromatic N) is 2. The van der Waals surface area contributed by atoms with Gasteiger partial charge < -0.3 is 0 Å². The Morgan fingerprint density at radius 1 is 1.33 bits per heavy atom. The maximum absolute atomic E-state index is 13.5. The zero-order chi connectivity index (χ0) is 13.1. The number of halogens is 3. The molecule has 2 aromatic rings. The molecular weight excluding hydrogens is 282 g/mol. The number of nitrogens with two attached hydrogens (primary N) is 1. The van der Waals surface area contributed by atoms with Crippen LogP contribution in [0.2, 0.25) is 5.02 Å². The molecule has 8 heteroatoms. The van der Waals surface area contributed by atoms with Crippen LogP contribution in [0.3, 0.4) is 0 Å². The van der Waals surface area contributed by atoms with Gasteiger partial charge in [-0.25, -0.2) is 24.6 Å². The average molecular weight is 289 g/mol. The molecule has 4 nitrogen and oxygen atoms in total. The Labute approximate surface area is 111 Å². The van der Waals surface area contributed by atoms with E-state index in [-0.39, 0.29) is 15.9 Å². The molecule has 0 aliphatic rings. The molecule has 1 aromatic heterocycles. The fraction of sp³-hybridized carbons (Fsp3) is 0. The van der Waals surface area contributed by atoms with Gasteiger partial charge in [-0.1, -0.05) is 23.4 Å². The highest BCUT2D eigenvalue weighted by Crippen LogP contribution is 2.33. The summed E-state index contributed by atoms with van der Waals surface area (Å²) < 4.78 is 26.2. The van der Waals surface area contributed by atoms with E-state index in [4.69, 9.17) is 17.4 Å². The Morgan fingerprint density at radius 2 is 2.11 bits per heavy atom. The molecular formula is C10H7ClF2N4S. The zero-order valence-corrected chi connectivity index (χ0v) is 10.4. The minimum absolute atomic E-state index is 0.157. The largest absolute Gasteiger partial charge is 0.292 e. The van der Waals surface area contributed by atoms with Crippen molar-refractivity contribution in [2.45, 2.75) is 9.92 Å². The van der Waals surface area contributed by atoms with Gasteiger partial charge in [0.15, 0.2) is 0 Å². The molecule has 0 amide bonds. The van der Waals surface area contributed by atoms with Crippen molar-refractivity contribution < 1.29 is 8.78 Å². The summed E-state index contributed by atoms with van der Waals surface area (Å²) in [6.07, 6.45) is 1.34. The quantitative estimate of drug-likeness (QED) is 0.516. The second-order valence-corrected chi connectivity index (χ2v) is 4.61. The van der Waals surface area contributed by atoms with Crippen molar-refractivity contribution in [1.29, 1.82) is 0 Å². The second kappa shape index (κ2) is 5.47. The molecule has 2 rings (SSSR count). The number of anilines is 1. The van der Waals surface area contributed by atoms with E-state index in [1.807, 2.05) is 0 Å². The molecule has 0 saturated heterocycles. The van der Waals surface area contributed by atoms with Gasteiger partial charge >= 0.3 is 0 Å². The number of aromatic nitrogens is 2. The summed E-state index contributed by atoms with van der Waals surface area (Å²) >= 11 is 6.83. The van der Waals surface area contributed by atoms with E-state index in [1.165, 1.54) is 12.3 Å². The fourth-order valence-electron chi connectivity index (χ4n) is 1.15. The van der Waals surface area contributed by atoms with Crippen molar-refractivity contribution >= 4 is 29.3 Å². The zero-order valence-electron chi connectivity index (χ0n) is 8.82. The molecule has 0 atom stereocenters. The predicted molar refractivity (Wildman–Crippen MR) is 65.3 cm³/mol. The normalized spacial score (nSPS) is 10.4. The maximum atomic E-state index is 13.5. The van der Waals surface area contributed by atoms with Gasteiger partial charge in [-0.3, -0.25) is 5.43 Å². The van der Waals surface area contributed by atoms with E-state index in [9.17, 15) is 8.78 Å². The molecule has 18 heavy (non-hydrogen) atoms. The third kappa shape index (κ3) is 2.87. The molecule has 0 unspecified atom stereocenters. The van der Waals surface area contributed by atoms with Gasteiger partial charge in [-0.2, -0.15) is 0 Å². The minimum Gasteiger partial charge on any atom is -0.292 e. The number of hydrazine groups is 1. The highest BCUT2D eigenvalue weighted by atomic mass is 35.5. The van der Waals surface area contributed by atoms with Crippen molar-refractivity contribution in [2.75, 3.05) is 5.43 Å². The molecule has 0 spiro atoms. The molecule has 94 valence electrons. The third-order valence-electron chi connectivity index (χ3n) is 1.94. The van der Waals surface area contributed by atoms with Crippen LogP contribution in [0.5, 0.6) is 0 Å². The Bertz CT molecular complexity index is 582. The Hall–Kier alpha value is -1.44. The third-order valence-corrected chi connectivity index (χ3v) is 3.39. The summed E-state index contributed by atoms with van der Waals surface area (Å²) in [5, 5.41) is 0.577. The van der Waals surface area contributed by atoms with Crippen LogP contribution in [0.15, 0.2) is 34.3 Å². The van der Waals surface area contributed by atoms with Crippen LogP contribution in [0.1, 0.15) is 0 Å². The first-order valence-electron chi connectivity index (χ1n) is 4.72. The highest BCUT2D eigenvalue weighted by Gasteiger charge is 2.11. The van der Waals surface area contributed by atoms with E-state index >= 15 is 0 Å². The first-order chi connectivity index (χ1) is 8.60. The smallest absolute Gasteiger partial charge is 0.238 e. The summed E-state index contributed by atoms with van der Waals surface area (Å²) in [7, 11) is 0. The molecule has 0 fully saturated rings. The van der Waals surface area contributed by atoms with Gasteiger partial charge in [-0.15, -0.1) is 0 Å². The minimum atomic E-state index is -0.683. The Balaban J connectivity index is 2.33. The number of nitrogens with one attached hydrogen (secondary N) is 1. The molecule has 0 aliphatic carbocycles. The lowest BCUT2D eigenvalue weighted by Crippen LogP contribution is -2.10. The van der Waals surface area contributed by atoms with Crippen molar-refractivity contribution in [3.8, 4) is 0 Å². The molecule has 0 bridgehead atoms. The molecule has 3 N–H and O–H groups in total. The van der Waals surface area contributed by atoms with E-state index < -0.39 is 11.6 Å². The molecule has 1 aromatic carbocycles. The van der Waals surface area contributed by atoms with Gasteiger partial charge in [-0.05, 0) is 12.1 Å². The van der Waals surface area contributed by atoms with Crippen LogP contribution in [-0.2, 0) is 0 Å².